The van der Waals surface area contributed by atoms with Crippen molar-refractivity contribution in [3.8, 4) is 0 Å². The number of fused-ring (bicyclic) bond motifs is 1. The summed E-state index contributed by atoms with van der Waals surface area (Å²) in [5, 5.41) is 10.4. The minimum absolute atomic E-state index is 0.474. The van der Waals surface area contributed by atoms with Gasteiger partial charge in [0.15, 0.2) is 0 Å². The highest BCUT2D eigenvalue weighted by molar-refractivity contribution is 7.09. The van der Waals surface area contributed by atoms with E-state index in [1.807, 2.05) is 11.6 Å². The fourth-order valence-corrected chi connectivity index (χ4v) is 3.40. The smallest absolute Gasteiger partial charge is 0.475 e. The first-order valence-electron chi connectivity index (χ1n) is 6.82. The van der Waals surface area contributed by atoms with E-state index in [1.165, 1.54) is 18.0 Å². The third kappa shape index (κ3) is 4.65. The van der Waals surface area contributed by atoms with Crippen LogP contribution < -0.4 is 0 Å². The van der Waals surface area contributed by atoms with Gasteiger partial charge in [0.1, 0.15) is 5.01 Å². The van der Waals surface area contributed by atoms with Crippen molar-refractivity contribution in [1.29, 1.82) is 0 Å². The lowest BCUT2D eigenvalue weighted by atomic mass is 10.0. The summed E-state index contributed by atoms with van der Waals surface area (Å²) >= 11 is 1.74. The second-order valence-electron chi connectivity index (χ2n) is 5.40. The summed E-state index contributed by atoms with van der Waals surface area (Å²) in [7, 11) is 0. The normalized spacial score (nSPS) is 28.1. The molecule has 0 bridgehead atoms. The predicted octanol–water partition coefficient (Wildman–Crippen LogP) is 2.39. The molecular formula is C13H17F3N2O3S. The standard InChI is InChI=1S/C11H16N2OS.C2HF3O2/c1-8-4-9-5-13(6-10(9)14-8)7-11-12-2-3-15-11;3-2(4,5)1(6)7/h2-3,8-10H,4-7H2,1H3;(H,6,7)/t8-,9+,10-;/m1./s1. The quantitative estimate of drug-likeness (QED) is 0.897. The molecule has 0 aliphatic carbocycles. The summed E-state index contributed by atoms with van der Waals surface area (Å²) in [6.45, 7) is 5.47. The van der Waals surface area contributed by atoms with Gasteiger partial charge in [-0.25, -0.2) is 9.78 Å². The molecule has 3 atom stereocenters. The number of aliphatic carboxylic acids is 1. The number of aromatic nitrogens is 1. The molecule has 3 rings (SSSR count). The zero-order valence-electron chi connectivity index (χ0n) is 11.9. The number of ether oxygens (including phenoxy) is 1. The van der Waals surface area contributed by atoms with Gasteiger partial charge in [0.2, 0.25) is 0 Å². The zero-order valence-corrected chi connectivity index (χ0v) is 12.7. The van der Waals surface area contributed by atoms with Gasteiger partial charge in [0, 0.05) is 30.6 Å². The lowest BCUT2D eigenvalue weighted by Crippen LogP contribution is -2.23. The number of carboxylic acid groups (broad SMARTS) is 1. The molecule has 5 nitrogen and oxygen atoms in total. The van der Waals surface area contributed by atoms with E-state index in [9.17, 15) is 13.2 Å². The van der Waals surface area contributed by atoms with Crippen LogP contribution in [0.4, 0.5) is 13.2 Å². The number of halogens is 3. The maximum absolute atomic E-state index is 10.6. The third-order valence-electron chi connectivity index (χ3n) is 3.58. The van der Waals surface area contributed by atoms with Gasteiger partial charge in [-0.3, -0.25) is 4.90 Å². The first kappa shape index (κ1) is 17.2. The molecule has 2 aliphatic rings. The number of carboxylic acids is 1. The van der Waals surface area contributed by atoms with E-state index in [-0.39, 0.29) is 0 Å². The minimum Gasteiger partial charge on any atom is -0.475 e. The summed E-state index contributed by atoms with van der Waals surface area (Å²) in [6, 6.07) is 0. The maximum Gasteiger partial charge on any atom is 0.490 e. The summed E-state index contributed by atoms with van der Waals surface area (Å²) < 4.78 is 37.6. The summed E-state index contributed by atoms with van der Waals surface area (Å²) in [5.41, 5.74) is 0. The SMILES string of the molecule is C[C@@H]1C[C@H]2CN(Cc3nccs3)C[C@H]2O1.O=C(O)C(F)(F)F. The Morgan fingerprint density at radius 3 is 2.73 bits per heavy atom. The largest absolute Gasteiger partial charge is 0.490 e. The third-order valence-corrected chi connectivity index (χ3v) is 4.35. The molecule has 0 spiro atoms. The number of nitrogens with zero attached hydrogens (tertiary/aromatic N) is 2. The van der Waals surface area contributed by atoms with Gasteiger partial charge in [-0.2, -0.15) is 13.2 Å². The molecule has 0 unspecified atom stereocenters. The van der Waals surface area contributed by atoms with Gasteiger partial charge >= 0.3 is 12.1 Å². The van der Waals surface area contributed by atoms with Crippen LogP contribution in [0.25, 0.3) is 0 Å². The van der Waals surface area contributed by atoms with E-state index in [2.05, 4.69) is 16.8 Å². The second-order valence-corrected chi connectivity index (χ2v) is 6.38. The minimum atomic E-state index is -5.08. The number of thiazole rings is 1. The molecule has 2 saturated heterocycles. The molecule has 2 aliphatic heterocycles. The van der Waals surface area contributed by atoms with Crippen molar-refractivity contribution in [2.45, 2.75) is 38.3 Å². The Labute approximate surface area is 129 Å². The van der Waals surface area contributed by atoms with Gasteiger partial charge < -0.3 is 9.84 Å². The van der Waals surface area contributed by atoms with Crippen molar-refractivity contribution in [3.05, 3.63) is 16.6 Å². The second kappa shape index (κ2) is 6.93. The van der Waals surface area contributed by atoms with Crippen molar-refractivity contribution in [3.63, 3.8) is 0 Å². The van der Waals surface area contributed by atoms with E-state index >= 15 is 0 Å². The lowest BCUT2D eigenvalue weighted by Gasteiger charge is -2.16. The van der Waals surface area contributed by atoms with Gasteiger partial charge in [0.25, 0.3) is 0 Å². The van der Waals surface area contributed by atoms with Gasteiger partial charge in [-0.15, -0.1) is 11.3 Å². The molecule has 1 N–H and O–H groups in total. The highest BCUT2D eigenvalue weighted by atomic mass is 32.1. The number of likely N-dealkylation sites (tertiary alicyclic amines) is 1. The fourth-order valence-electron chi connectivity index (χ4n) is 2.74. The van der Waals surface area contributed by atoms with E-state index in [0.29, 0.717) is 12.2 Å². The molecule has 2 fully saturated rings. The molecule has 124 valence electrons. The van der Waals surface area contributed by atoms with Crippen molar-refractivity contribution < 1.29 is 27.8 Å². The van der Waals surface area contributed by atoms with Crippen LogP contribution in [0.3, 0.4) is 0 Å². The summed E-state index contributed by atoms with van der Waals surface area (Å²) in [6.07, 6.45) is -1.00. The van der Waals surface area contributed by atoms with E-state index in [1.54, 1.807) is 11.3 Å². The molecule has 3 heterocycles. The van der Waals surface area contributed by atoms with Crippen molar-refractivity contribution in [2.24, 2.45) is 5.92 Å². The van der Waals surface area contributed by atoms with Crippen molar-refractivity contribution >= 4 is 17.3 Å². The molecule has 0 radical (unpaired) electrons. The van der Waals surface area contributed by atoms with E-state index < -0.39 is 12.1 Å². The molecular weight excluding hydrogens is 321 g/mol. The Balaban J connectivity index is 0.000000217. The van der Waals surface area contributed by atoms with E-state index in [0.717, 1.165) is 19.0 Å². The monoisotopic (exact) mass is 338 g/mol. The summed E-state index contributed by atoms with van der Waals surface area (Å²) in [4.78, 5) is 15.7. The zero-order chi connectivity index (χ0) is 16.3. The van der Waals surface area contributed by atoms with Crippen LogP contribution in [0.5, 0.6) is 0 Å². The molecule has 0 amide bonds. The topological polar surface area (TPSA) is 62.7 Å². The number of rotatable bonds is 2. The Morgan fingerprint density at radius 1 is 1.55 bits per heavy atom. The van der Waals surface area contributed by atoms with Crippen molar-refractivity contribution in [1.82, 2.24) is 9.88 Å². The van der Waals surface area contributed by atoms with Crippen LogP contribution in [0.2, 0.25) is 0 Å². The Kier molecular flexibility index (Phi) is 5.41. The van der Waals surface area contributed by atoms with Gasteiger partial charge in [0.05, 0.1) is 18.8 Å². The van der Waals surface area contributed by atoms with Crippen LogP contribution in [0.15, 0.2) is 11.6 Å². The van der Waals surface area contributed by atoms with Crippen LogP contribution >= 0.6 is 11.3 Å². The molecule has 0 saturated carbocycles. The van der Waals surface area contributed by atoms with Crippen molar-refractivity contribution in [2.75, 3.05) is 13.1 Å². The number of carbonyl (C=O) groups is 1. The average Bonchev–Trinajstić information content (AvgIpc) is 3.05. The Bertz CT molecular complexity index is 481. The molecule has 1 aromatic heterocycles. The first-order valence-corrected chi connectivity index (χ1v) is 7.70. The Hall–Kier alpha value is -1.19. The molecule has 1 aromatic rings. The van der Waals surface area contributed by atoms with E-state index in [4.69, 9.17) is 14.6 Å². The Morgan fingerprint density at radius 2 is 2.23 bits per heavy atom. The maximum atomic E-state index is 10.6. The number of hydrogen-bond acceptors (Lipinski definition) is 5. The molecule has 9 heteroatoms. The number of hydrogen-bond donors (Lipinski definition) is 1. The predicted molar refractivity (Wildman–Crippen MR) is 73.5 cm³/mol. The van der Waals surface area contributed by atoms with Crippen LogP contribution in [-0.4, -0.2) is 52.4 Å². The van der Waals surface area contributed by atoms with Crippen LogP contribution in [-0.2, 0) is 16.1 Å². The molecule has 0 aromatic carbocycles. The highest BCUT2D eigenvalue weighted by Crippen LogP contribution is 2.33. The summed E-state index contributed by atoms with van der Waals surface area (Å²) in [5.74, 6) is -1.99. The fraction of sp³-hybridized carbons (Fsp3) is 0.692. The lowest BCUT2D eigenvalue weighted by molar-refractivity contribution is -0.192. The first-order chi connectivity index (χ1) is 10.3. The number of alkyl halides is 3. The molecule has 22 heavy (non-hydrogen) atoms. The van der Waals surface area contributed by atoms with Crippen LogP contribution in [0.1, 0.15) is 18.4 Å². The highest BCUT2D eigenvalue weighted by Gasteiger charge is 2.40. The van der Waals surface area contributed by atoms with Gasteiger partial charge in [-0.1, -0.05) is 0 Å². The van der Waals surface area contributed by atoms with Gasteiger partial charge in [-0.05, 0) is 13.3 Å². The van der Waals surface area contributed by atoms with Crippen LogP contribution in [0, 0.1) is 5.92 Å². The average molecular weight is 338 g/mol.